The van der Waals surface area contributed by atoms with Crippen LogP contribution >= 0.6 is 0 Å². The number of benzene rings is 1. The van der Waals surface area contributed by atoms with E-state index in [2.05, 4.69) is 16.4 Å². The van der Waals surface area contributed by atoms with Crippen LogP contribution in [0.1, 0.15) is 29.3 Å². The highest BCUT2D eigenvalue weighted by atomic mass is 19.4. The molecule has 2 aromatic rings. The highest BCUT2D eigenvalue weighted by Gasteiger charge is 2.32. The number of nitrogens with zero attached hydrogens (tertiary/aromatic N) is 1. The second-order valence-corrected chi connectivity index (χ2v) is 4.87. The summed E-state index contributed by atoms with van der Waals surface area (Å²) in [5.74, 6) is 0. The predicted molar refractivity (Wildman–Crippen MR) is 70.4 cm³/mol. The molecule has 0 saturated carbocycles. The maximum absolute atomic E-state index is 12.5. The molecule has 1 atom stereocenters. The molecule has 1 unspecified atom stereocenters. The van der Waals surface area contributed by atoms with Gasteiger partial charge in [-0.3, -0.25) is 4.98 Å². The zero-order valence-corrected chi connectivity index (χ0v) is 10.6. The average Bonchev–Trinajstić information content (AvgIpc) is 2.46. The molecule has 1 N–H and O–H groups in total. The Morgan fingerprint density at radius 1 is 1.10 bits per heavy atom. The van der Waals surface area contributed by atoms with Crippen LogP contribution in [0, 0.1) is 0 Å². The lowest BCUT2D eigenvalue weighted by molar-refractivity contribution is -0.141. The van der Waals surface area contributed by atoms with Crippen LogP contribution in [-0.2, 0) is 12.6 Å². The average molecular weight is 278 g/mol. The highest BCUT2D eigenvalue weighted by molar-refractivity contribution is 5.54. The summed E-state index contributed by atoms with van der Waals surface area (Å²) in [4.78, 5) is 3.52. The molecule has 1 aromatic carbocycles. The molecule has 3 rings (SSSR count). The second-order valence-electron chi connectivity index (χ2n) is 4.87. The number of hydrogen-bond acceptors (Lipinski definition) is 2. The Bertz CT molecular complexity index is 605. The van der Waals surface area contributed by atoms with E-state index in [9.17, 15) is 13.2 Å². The van der Waals surface area contributed by atoms with Gasteiger partial charge in [0.05, 0.1) is 6.04 Å². The number of aromatic nitrogens is 1. The van der Waals surface area contributed by atoms with E-state index in [4.69, 9.17) is 0 Å². The number of pyridine rings is 1. The van der Waals surface area contributed by atoms with E-state index < -0.39 is 11.9 Å². The van der Waals surface area contributed by atoms with Crippen LogP contribution < -0.4 is 5.32 Å². The molecule has 1 aliphatic heterocycles. The van der Waals surface area contributed by atoms with E-state index in [1.165, 1.54) is 17.8 Å². The van der Waals surface area contributed by atoms with Gasteiger partial charge in [-0.25, -0.2) is 0 Å². The molecule has 0 fully saturated rings. The van der Waals surface area contributed by atoms with Gasteiger partial charge in [0.1, 0.15) is 5.69 Å². The minimum absolute atomic E-state index is 0.0136. The van der Waals surface area contributed by atoms with Crippen molar-refractivity contribution in [2.24, 2.45) is 0 Å². The van der Waals surface area contributed by atoms with Crippen molar-refractivity contribution in [3.05, 3.63) is 59.4 Å². The van der Waals surface area contributed by atoms with Crippen LogP contribution in [0.5, 0.6) is 0 Å². The molecule has 20 heavy (non-hydrogen) atoms. The summed E-state index contributed by atoms with van der Waals surface area (Å²) in [7, 11) is 0. The Morgan fingerprint density at radius 3 is 2.60 bits per heavy atom. The molecule has 0 aliphatic carbocycles. The molecule has 0 spiro atoms. The van der Waals surface area contributed by atoms with Crippen molar-refractivity contribution < 1.29 is 13.2 Å². The molecule has 0 radical (unpaired) electrons. The first-order valence-electron chi connectivity index (χ1n) is 6.41. The Labute approximate surface area is 114 Å². The fourth-order valence-electron chi connectivity index (χ4n) is 2.47. The summed E-state index contributed by atoms with van der Waals surface area (Å²) >= 11 is 0. The van der Waals surface area contributed by atoms with E-state index in [1.54, 1.807) is 0 Å². The van der Waals surface area contributed by atoms with E-state index in [0.29, 0.717) is 0 Å². The van der Waals surface area contributed by atoms with Gasteiger partial charge in [0, 0.05) is 11.9 Å². The Morgan fingerprint density at radius 2 is 1.90 bits per heavy atom. The minimum Gasteiger partial charge on any atom is -0.378 e. The summed E-state index contributed by atoms with van der Waals surface area (Å²) in [6, 6.07) is 10.5. The van der Waals surface area contributed by atoms with E-state index in [0.717, 1.165) is 30.2 Å². The third-order valence-corrected chi connectivity index (χ3v) is 3.53. The number of hydrogen-bond donors (Lipinski definition) is 1. The Balaban J connectivity index is 1.81. The van der Waals surface area contributed by atoms with Gasteiger partial charge in [-0.2, -0.15) is 13.2 Å². The minimum atomic E-state index is -4.38. The lowest BCUT2D eigenvalue weighted by Crippen LogP contribution is -2.18. The highest BCUT2D eigenvalue weighted by Crippen LogP contribution is 2.33. The number of para-hydroxylation sites is 1. The third kappa shape index (κ3) is 2.48. The van der Waals surface area contributed by atoms with Gasteiger partial charge in [-0.15, -0.1) is 0 Å². The fraction of sp³-hybridized carbons (Fsp3) is 0.267. The molecule has 1 aliphatic rings. The molecule has 104 valence electrons. The van der Waals surface area contributed by atoms with Gasteiger partial charge < -0.3 is 5.32 Å². The first kappa shape index (κ1) is 13.0. The van der Waals surface area contributed by atoms with Crippen LogP contribution in [0.4, 0.5) is 18.9 Å². The second kappa shape index (κ2) is 4.81. The SMILES string of the molecule is FC(F)(F)c1ccc(C2CCc3ccccc3N2)cn1. The first-order chi connectivity index (χ1) is 9.54. The van der Waals surface area contributed by atoms with Gasteiger partial charge in [0.25, 0.3) is 0 Å². The standard InChI is InChI=1S/C15H13F3N2/c16-15(17,18)14-8-6-11(9-19-14)13-7-5-10-3-1-2-4-12(10)20-13/h1-4,6,8-9,13,20H,5,7H2. The summed E-state index contributed by atoms with van der Waals surface area (Å²) in [6.07, 6.45) is -1.31. The zero-order valence-electron chi connectivity index (χ0n) is 10.6. The first-order valence-corrected chi connectivity index (χ1v) is 6.41. The van der Waals surface area contributed by atoms with Crippen molar-refractivity contribution in [3.8, 4) is 0 Å². The summed E-state index contributed by atoms with van der Waals surface area (Å²) in [5, 5.41) is 3.35. The van der Waals surface area contributed by atoms with Crippen LogP contribution in [0.15, 0.2) is 42.6 Å². The van der Waals surface area contributed by atoms with Crippen molar-refractivity contribution in [1.29, 1.82) is 0 Å². The quantitative estimate of drug-likeness (QED) is 0.845. The predicted octanol–water partition coefficient (Wildman–Crippen LogP) is 4.20. The number of halogens is 3. The number of alkyl halides is 3. The number of rotatable bonds is 1. The number of anilines is 1. The van der Waals surface area contributed by atoms with Gasteiger partial charge in [0.2, 0.25) is 0 Å². The summed E-state index contributed by atoms with van der Waals surface area (Å²) in [5.41, 5.74) is 2.22. The molecular weight excluding hydrogens is 265 g/mol. The topological polar surface area (TPSA) is 24.9 Å². The lowest BCUT2D eigenvalue weighted by atomic mass is 9.94. The molecule has 0 bridgehead atoms. The van der Waals surface area contributed by atoms with Gasteiger partial charge in [-0.05, 0) is 36.1 Å². The third-order valence-electron chi connectivity index (χ3n) is 3.53. The monoisotopic (exact) mass is 278 g/mol. The molecule has 5 heteroatoms. The van der Waals surface area contributed by atoms with Crippen molar-refractivity contribution in [2.75, 3.05) is 5.32 Å². The van der Waals surface area contributed by atoms with Crippen molar-refractivity contribution in [2.45, 2.75) is 25.1 Å². The number of aryl methyl sites for hydroxylation is 1. The molecule has 0 amide bonds. The smallest absolute Gasteiger partial charge is 0.378 e. The lowest BCUT2D eigenvalue weighted by Gasteiger charge is -2.27. The Kier molecular flexibility index (Phi) is 3.12. The van der Waals surface area contributed by atoms with Crippen LogP contribution in [0.25, 0.3) is 0 Å². The van der Waals surface area contributed by atoms with Crippen molar-refractivity contribution in [1.82, 2.24) is 4.98 Å². The van der Waals surface area contributed by atoms with E-state index >= 15 is 0 Å². The summed E-state index contributed by atoms with van der Waals surface area (Å²) in [6.45, 7) is 0. The maximum Gasteiger partial charge on any atom is 0.433 e. The van der Waals surface area contributed by atoms with E-state index in [-0.39, 0.29) is 6.04 Å². The normalized spacial score (nSPS) is 18.2. The number of fused-ring (bicyclic) bond motifs is 1. The molecule has 2 nitrogen and oxygen atoms in total. The van der Waals surface area contributed by atoms with Crippen molar-refractivity contribution >= 4 is 5.69 Å². The maximum atomic E-state index is 12.5. The summed E-state index contributed by atoms with van der Waals surface area (Å²) < 4.78 is 37.4. The van der Waals surface area contributed by atoms with Crippen LogP contribution in [-0.4, -0.2) is 4.98 Å². The molecule has 2 heterocycles. The van der Waals surface area contributed by atoms with Crippen molar-refractivity contribution in [3.63, 3.8) is 0 Å². The van der Waals surface area contributed by atoms with Crippen LogP contribution in [0.3, 0.4) is 0 Å². The molecule has 0 saturated heterocycles. The number of nitrogens with one attached hydrogen (secondary N) is 1. The Hall–Kier alpha value is -2.04. The molecule has 1 aromatic heterocycles. The molecular formula is C15H13F3N2. The zero-order chi connectivity index (χ0) is 14.2. The van der Waals surface area contributed by atoms with Gasteiger partial charge in [0.15, 0.2) is 0 Å². The largest absolute Gasteiger partial charge is 0.433 e. The van der Waals surface area contributed by atoms with Crippen LogP contribution in [0.2, 0.25) is 0 Å². The fourth-order valence-corrected chi connectivity index (χ4v) is 2.47. The van der Waals surface area contributed by atoms with E-state index in [1.807, 2.05) is 18.2 Å². The van der Waals surface area contributed by atoms with Gasteiger partial charge in [-0.1, -0.05) is 24.3 Å². The van der Waals surface area contributed by atoms with Gasteiger partial charge >= 0.3 is 6.18 Å².